The van der Waals surface area contributed by atoms with Crippen molar-refractivity contribution in [3.63, 3.8) is 0 Å². The highest BCUT2D eigenvalue weighted by atomic mass is 16.2. The number of likely N-dealkylation sites (N-methyl/N-ethyl adjacent to an activating group) is 1. The van der Waals surface area contributed by atoms with E-state index < -0.39 is 0 Å². The lowest BCUT2D eigenvalue weighted by Crippen LogP contribution is -2.58. The van der Waals surface area contributed by atoms with Crippen molar-refractivity contribution in [3.8, 4) is 0 Å². The maximum absolute atomic E-state index is 12.0. The van der Waals surface area contributed by atoms with Crippen LogP contribution >= 0.6 is 0 Å². The lowest BCUT2D eigenvalue weighted by Gasteiger charge is -2.34. The first-order chi connectivity index (χ1) is 8.09. The van der Waals surface area contributed by atoms with E-state index in [4.69, 9.17) is 5.73 Å². The van der Waals surface area contributed by atoms with Crippen LogP contribution in [0.15, 0.2) is 0 Å². The smallest absolute Gasteiger partial charge is 0.236 e. The summed E-state index contributed by atoms with van der Waals surface area (Å²) >= 11 is 0. The maximum Gasteiger partial charge on any atom is 0.236 e. The van der Waals surface area contributed by atoms with E-state index >= 15 is 0 Å². The van der Waals surface area contributed by atoms with E-state index in [1.807, 2.05) is 11.9 Å². The monoisotopic (exact) mass is 240 g/mol. The second-order valence-corrected chi connectivity index (χ2v) is 4.83. The second-order valence-electron chi connectivity index (χ2n) is 4.83. The Morgan fingerprint density at radius 2 is 2.18 bits per heavy atom. The van der Waals surface area contributed by atoms with Gasteiger partial charge in [-0.25, -0.2) is 0 Å². The molecule has 0 bridgehead atoms. The molecule has 0 radical (unpaired) electrons. The summed E-state index contributed by atoms with van der Waals surface area (Å²) in [6.07, 6.45) is 2.20. The van der Waals surface area contributed by atoms with Crippen LogP contribution in [-0.4, -0.2) is 66.9 Å². The largest absolute Gasteiger partial charge is 0.368 e. The molecule has 2 rings (SSSR count). The van der Waals surface area contributed by atoms with Gasteiger partial charge in [0.05, 0.1) is 6.54 Å². The number of hydrogen-bond donors (Lipinski definition) is 2. The molecular formula is C11H20N4O2. The van der Waals surface area contributed by atoms with E-state index in [9.17, 15) is 9.59 Å². The van der Waals surface area contributed by atoms with E-state index in [0.717, 1.165) is 19.4 Å². The number of primary amides is 1. The predicted octanol–water partition coefficient (Wildman–Crippen LogP) is -1.63. The van der Waals surface area contributed by atoms with Gasteiger partial charge in [-0.2, -0.15) is 0 Å². The molecule has 2 amide bonds. The highest BCUT2D eigenvalue weighted by Gasteiger charge is 2.33. The molecule has 2 fully saturated rings. The van der Waals surface area contributed by atoms with Crippen molar-refractivity contribution < 1.29 is 9.59 Å². The predicted molar refractivity (Wildman–Crippen MR) is 63.2 cm³/mol. The van der Waals surface area contributed by atoms with Gasteiger partial charge in [-0.1, -0.05) is 0 Å². The number of carbonyl (C=O) groups excluding carboxylic acids is 2. The molecule has 1 aliphatic heterocycles. The van der Waals surface area contributed by atoms with Gasteiger partial charge >= 0.3 is 0 Å². The first kappa shape index (κ1) is 12.3. The molecule has 1 atom stereocenters. The van der Waals surface area contributed by atoms with Crippen LogP contribution in [0.2, 0.25) is 0 Å². The van der Waals surface area contributed by atoms with Crippen molar-refractivity contribution in [2.75, 3.05) is 33.2 Å². The molecule has 1 aliphatic carbocycles. The number of rotatable bonds is 4. The Kier molecular flexibility index (Phi) is 3.63. The van der Waals surface area contributed by atoms with Gasteiger partial charge in [0.2, 0.25) is 11.8 Å². The number of amides is 2. The first-order valence-corrected chi connectivity index (χ1v) is 6.09. The van der Waals surface area contributed by atoms with Crippen molar-refractivity contribution >= 4 is 11.8 Å². The Morgan fingerprint density at radius 1 is 1.47 bits per heavy atom. The number of piperazine rings is 1. The van der Waals surface area contributed by atoms with E-state index in [2.05, 4.69) is 5.32 Å². The van der Waals surface area contributed by atoms with Crippen molar-refractivity contribution in [3.05, 3.63) is 0 Å². The summed E-state index contributed by atoms with van der Waals surface area (Å²) in [6.45, 7) is 2.32. The molecule has 3 N–H and O–H groups in total. The molecule has 0 aromatic carbocycles. The third kappa shape index (κ3) is 2.95. The number of nitrogens with zero attached hydrogens (tertiary/aromatic N) is 2. The van der Waals surface area contributed by atoms with E-state index in [-0.39, 0.29) is 17.9 Å². The summed E-state index contributed by atoms with van der Waals surface area (Å²) in [5.41, 5.74) is 5.34. The second kappa shape index (κ2) is 5.01. The molecule has 2 aliphatic rings. The Bertz CT molecular complexity index is 317. The van der Waals surface area contributed by atoms with Crippen molar-refractivity contribution in [1.82, 2.24) is 15.1 Å². The van der Waals surface area contributed by atoms with Crippen molar-refractivity contribution in [2.45, 2.75) is 24.9 Å². The summed E-state index contributed by atoms with van der Waals surface area (Å²) in [5.74, 6) is -0.278. The molecule has 1 heterocycles. The molecule has 0 spiro atoms. The molecule has 96 valence electrons. The Balaban J connectivity index is 1.90. The topological polar surface area (TPSA) is 78.7 Å². The summed E-state index contributed by atoms with van der Waals surface area (Å²) in [7, 11) is 1.83. The van der Waals surface area contributed by atoms with Crippen LogP contribution in [0.3, 0.4) is 0 Å². The van der Waals surface area contributed by atoms with Gasteiger partial charge < -0.3 is 16.0 Å². The Hall–Kier alpha value is -1.14. The van der Waals surface area contributed by atoms with Crippen LogP contribution in [0.25, 0.3) is 0 Å². The third-order valence-corrected chi connectivity index (χ3v) is 3.51. The average molecular weight is 240 g/mol. The highest BCUT2D eigenvalue weighted by molar-refractivity contribution is 5.83. The van der Waals surface area contributed by atoms with Gasteiger partial charge in [0.25, 0.3) is 0 Å². The van der Waals surface area contributed by atoms with Crippen molar-refractivity contribution in [2.24, 2.45) is 5.73 Å². The minimum atomic E-state index is -0.362. The molecule has 0 aromatic heterocycles. The number of carbonyl (C=O) groups is 2. The molecule has 17 heavy (non-hydrogen) atoms. The van der Waals surface area contributed by atoms with E-state index in [1.165, 1.54) is 0 Å². The summed E-state index contributed by atoms with van der Waals surface area (Å²) in [4.78, 5) is 26.9. The van der Waals surface area contributed by atoms with Gasteiger partial charge in [0.15, 0.2) is 0 Å². The van der Waals surface area contributed by atoms with Gasteiger partial charge in [0.1, 0.15) is 6.04 Å². The molecule has 1 saturated carbocycles. The van der Waals surface area contributed by atoms with Gasteiger partial charge in [-0.15, -0.1) is 0 Å². The van der Waals surface area contributed by atoms with Crippen molar-refractivity contribution in [1.29, 1.82) is 0 Å². The first-order valence-electron chi connectivity index (χ1n) is 6.09. The molecular weight excluding hydrogens is 220 g/mol. The zero-order valence-corrected chi connectivity index (χ0v) is 10.2. The Morgan fingerprint density at radius 3 is 2.76 bits per heavy atom. The van der Waals surface area contributed by atoms with Gasteiger partial charge in [-0.05, 0) is 12.8 Å². The zero-order valence-electron chi connectivity index (χ0n) is 10.2. The summed E-state index contributed by atoms with van der Waals surface area (Å²) in [5, 5.41) is 3.12. The molecule has 6 nitrogen and oxygen atoms in total. The van der Waals surface area contributed by atoms with Gasteiger partial charge in [0, 0.05) is 32.7 Å². The molecule has 1 saturated heterocycles. The fraction of sp³-hybridized carbons (Fsp3) is 0.818. The minimum Gasteiger partial charge on any atom is -0.368 e. The SMILES string of the molecule is CN(C(=O)CN1CCNCC1C(N)=O)C1CC1. The highest BCUT2D eigenvalue weighted by Crippen LogP contribution is 2.25. The van der Waals surface area contributed by atoms with E-state index in [1.54, 1.807) is 4.90 Å². The van der Waals surface area contributed by atoms with Crippen LogP contribution in [-0.2, 0) is 9.59 Å². The zero-order chi connectivity index (χ0) is 12.4. The summed E-state index contributed by atoms with van der Waals surface area (Å²) < 4.78 is 0. The van der Waals surface area contributed by atoms with Crippen LogP contribution in [0.5, 0.6) is 0 Å². The van der Waals surface area contributed by atoms with E-state index in [0.29, 0.717) is 25.7 Å². The van der Waals surface area contributed by atoms with Crippen LogP contribution in [0, 0.1) is 0 Å². The number of hydrogen-bond acceptors (Lipinski definition) is 4. The normalized spacial score (nSPS) is 25.6. The molecule has 1 unspecified atom stereocenters. The number of nitrogens with one attached hydrogen (secondary N) is 1. The Labute approximate surface area is 101 Å². The lowest BCUT2D eigenvalue weighted by molar-refractivity contribution is -0.134. The van der Waals surface area contributed by atoms with Crippen LogP contribution in [0.1, 0.15) is 12.8 Å². The summed E-state index contributed by atoms with van der Waals surface area (Å²) in [6, 6.07) is 0.0535. The van der Waals surface area contributed by atoms with Crippen LogP contribution in [0.4, 0.5) is 0 Å². The third-order valence-electron chi connectivity index (χ3n) is 3.51. The number of nitrogens with two attached hydrogens (primary N) is 1. The molecule has 0 aromatic rings. The standard InChI is InChI=1S/C11H20N4O2/c1-14(8-2-3-8)10(16)7-15-5-4-13-6-9(15)11(12)17/h8-9,13H,2-7H2,1H3,(H2,12,17). The maximum atomic E-state index is 12.0. The average Bonchev–Trinajstić information content (AvgIpc) is 3.12. The quantitative estimate of drug-likeness (QED) is 0.618. The van der Waals surface area contributed by atoms with Gasteiger partial charge in [-0.3, -0.25) is 14.5 Å². The lowest BCUT2D eigenvalue weighted by atomic mass is 10.2. The fourth-order valence-electron chi connectivity index (χ4n) is 2.17. The fourth-order valence-corrected chi connectivity index (χ4v) is 2.17. The minimum absolute atomic E-state index is 0.0839. The molecule has 6 heteroatoms. The van der Waals surface area contributed by atoms with Crippen LogP contribution < -0.4 is 11.1 Å².